The number of hydroxylamine groups is 2. The van der Waals surface area contributed by atoms with Gasteiger partial charge in [0.1, 0.15) is 17.5 Å². The highest BCUT2D eigenvalue weighted by molar-refractivity contribution is 5.89. The van der Waals surface area contributed by atoms with Gasteiger partial charge in [0, 0.05) is 24.4 Å². The zero-order valence-electron chi connectivity index (χ0n) is 19.4. The Morgan fingerprint density at radius 2 is 1.83 bits per heavy atom. The first-order chi connectivity index (χ1) is 16.9. The van der Waals surface area contributed by atoms with Crippen molar-refractivity contribution in [2.24, 2.45) is 0 Å². The molecule has 13 heteroatoms. The molecule has 2 unspecified atom stereocenters. The van der Waals surface area contributed by atoms with E-state index in [0.29, 0.717) is 34.3 Å². The summed E-state index contributed by atoms with van der Waals surface area (Å²) in [7, 11) is 4.57. The van der Waals surface area contributed by atoms with Crippen molar-refractivity contribution in [2.75, 3.05) is 45.1 Å². The van der Waals surface area contributed by atoms with E-state index >= 15 is 0 Å². The average Bonchev–Trinajstić information content (AvgIpc) is 2.84. The average molecular weight is 487 g/mol. The fourth-order valence-electron chi connectivity index (χ4n) is 3.70. The van der Waals surface area contributed by atoms with E-state index in [0.717, 1.165) is 5.06 Å². The molecule has 4 N–H and O–H groups in total. The predicted octanol–water partition coefficient (Wildman–Crippen LogP) is 2.72. The molecule has 1 aliphatic rings. The highest BCUT2D eigenvalue weighted by Crippen LogP contribution is 2.40. The molecule has 186 valence electrons. The number of urea groups is 1. The number of benzene rings is 1. The van der Waals surface area contributed by atoms with E-state index in [2.05, 4.69) is 30.9 Å². The fourth-order valence-corrected chi connectivity index (χ4v) is 3.70. The first-order valence-corrected chi connectivity index (χ1v) is 10.8. The minimum atomic E-state index is -1.38. The summed E-state index contributed by atoms with van der Waals surface area (Å²) in [6, 6.07) is 5.39. The Hall–Kier alpha value is -3.97. The number of ether oxygens (including phenoxy) is 3. The van der Waals surface area contributed by atoms with Crippen LogP contribution < -0.4 is 30.2 Å². The van der Waals surface area contributed by atoms with Gasteiger partial charge in [0.25, 0.3) is 0 Å². The van der Waals surface area contributed by atoms with E-state index in [4.69, 9.17) is 14.2 Å². The molecular formula is C22H26FN7O5. The van der Waals surface area contributed by atoms with Crippen LogP contribution in [0.5, 0.6) is 17.2 Å². The number of methoxy groups -OCH3 is 3. The van der Waals surface area contributed by atoms with E-state index in [1.165, 1.54) is 21.3 Å². The third-order valence-corrected chi connectivity index (χ3v) is 5.42. The van der Waals surface area contributed by atoms with Gasteiger partial charge in [-0.3, -0.25) is 5.32 Å². The van der Waals surface area contributed by atoms with Crippen LogP contribution in [0.3, 0.4) is 0 Å². The van der Waals surface area contributed by atoms with Gasteiger partial charge in [-0.2, -0.15) is 5.06 Å². The van der Waals surface area contributed by atoms with E-state index in [1.54, 1.807) is 30.5 Å². The molecule has 0 bridgehead atoms. The highest BCUT2D eigenvalue weighted by Gasteiger charge is 2.29. The van der Waals surface area contributed by atoms with Gasteiger partial charge >= 0.3 is 6.03 Å². The van der Waals surface area contributed by atoms with Crippen LogP contribution in [-0.2, 0) is 0 Å². The summed E-state index contributed by atoms with van der Waals surface area (Å²) in [5, 5.41) is 18.6. The summed E-state index contributed by atoms with van der Waals surface area (Å²) in [6.07, 6.45) is 0.457. The fraction of sp³-hybridized carbons (Fsp3) is 0.364. The molecule has 4 rings (SSSR count). The number of fused-ring (bicyclic) bond motifs is 1. The second kappa shape index (κ2) is 10.5. The Balaban J connectivity index is 1.49. The van der Waals surface area contributed by atoms with Crippen LogP contribution in [0.1, 0.15) is 6.42 Å². The summed E-state index contributed by atoms with van der Waals surface area (Å²) in [4.78, 5) is 25.5. The molecule has 2 atom stereocenters. The predicted molar refractivity (Wildman–Crippen MR) is 126 cm³/mol. The van der Waals surface area contributed by atoms with Crippen molar-refractivity contribution in [1.82, 2.24) is 25.3 Å². The number of piperidine rings is 1. The van der Waals surface area contributed by atoms with Crippen molar-refractivity contribution >= 4 is 34.5 Å². The van der Waals surface area contributed by atoms with Crippen LogP contribution >= 0.6 is 0 Å². The van der Waals surface area contributed by atoms with Gasteiger partial charge in [0.05, 0.1) is 40.1 Å². The zero-order chi connectivity index (χ0) is 24.9. The molecule has 3 aromatic rings. The van der Waals surface area contributed by atoms with Crippen LogP contribution in [0.4, 0.5) is 26.5 Å². The quantitative estimate of drug-likeness (QED) is 0.393. The lowest BCUT2D eigenvalue weighted by atomic mass is 10.1. The first-order valence-electron chi connectivity index (χ1n) is 10.8. The second-order valence-electron chi connectivity index (χ2n) is 7.76. The maximum absolute atomic E-state index is 14.1. The normalized spacial score (nSPS) is 18.1. The van der Waals surface area contributed by atoms with Crippen molar-refractivity contribution < 1.29 is 28.6 Å². The van der Waals surface area contributed by atoms with Crippen LogP contribution in [0.2, 0.25) is 0 Å². The third kappa shape index (κ3) is 5.58. The molecule has 1 aliphatic heterocycles. The van der Waals surface area contributed by atoms with Crippen LogP contribution in [0, 0.1) is 0 Å². The number of pyridine rings is 1. The molecule has 1 saturated heterocycles. The van der Waals surface area contributed by atoms with Gasteiger partial charge in [0.15, 0.2) is 23.0 Å². The largest absolute Gasteiger partial charge is 0.493 e. The van der Waals surface area contributed by atoms with Crippen molar-refractivity contribution in [3.63, 3.8) is 0 Å². The van der Waals surface area contributed by atoms with Gasteiger partial charge < -0.3 is 30.1 Å². The van der Waals surface area contributed by atoms with Crippen molar-refractivity contribution in [1.29, 1.82) is 0 Å². The number of alkyl halides is 1. The van der Waals surface area contributed by atoms with Gasteiger partial charge in [-0.1, -0.05) is 0 Å². The molecule has 0 radical (unpaired) electrons. The SMILES string of the molecule is COc1cc(Nc2cnc3ccc(NC(=O)NC4CCN(O)CC4F)nc3n2)cc(OC)c1OC. The summed E-state index contributed by atoms with van der Waals surface area (Å²) in [6.45, 7) is 0.118. The van der Waals surface area contributed by atoms with Crippen molar-refractivity contribution in [2.45, 2.75) is 18.6 Å². The first kappa shape index (κ1) is 24.2. The number of nitrogens with one attached hydrogen (secondary N) is 3. The molecule has 12 nitrogen and oxygen atoms in total. The number of rotatable bonds is 7. The number of halogens is 1. The number of anilines is 3. The Morgan fingerprint density at radius 3 is 2.49 bits per heavy atom. The molecule has 0 aliphatic carbocycles. The maximum atomic E-state index is 14.1. The van der Waals surface area contributed by atoms with Crippen LogP contribution in [0.25, 0.3) is 11.2 Å². The number of carbonyl (C=O) groups is 1. The topological polar surface area (TPSA) is 143 Å². The molecule has 1 fully saturated rings. The summed E-state index contributed by atoms with van der Waals surface area (Å²) in [5.74, 6) is 2.03. The minimum Gasteiger partial charge on any atom is -0.493 e. The Labute approximate surface area is 200 Å². The smallest absolute Gasteiger partial charge is 0.320 e. The minimum absolute atomic E-state index is 0.156. The molecule has 35 heavy (non-hydrogen) atoms. The second-order valence-corrected chi connectivity index (χ2v) is 7.76. The van der Waals surface area contributed by atoms with Gasteiger partial charge in [-0.05, 0) is 18.6 Å². The lowest BCUT2D eigenvalue weighted by molar-refractivity contribution is -0.126. The van der Waals surface area contributed by atoms with Crippen molar-refractivity contribution in [3.05, 3.63) is 30.5 Å². The summed E-state index contributed by atoms with van der Waals surface area (Å²) in [5.41, 5.74) is 1.43. The number of amides is 2. The Bertz CT molecular complexity index is 1190. The number of nitrogens with zero attached hydrogens (tertiary/aromatic N) is 4. The molecule has 2 amide bonds. The summed E-state index contributed by atoms with van der Waals surface area (Å²) < 4.78 is 30.1. The third-order valence-electron chi connectivity index (χ3n) is 5.42. The van der Waals surface area contributed by atoms with Crippen molar-refractivity contribution in [3.8, 4) is 17.2 Å². The summed E-state index contributed by atoms with van der Waals surface area (Å²) >= 11 is 0. The van der Waals surface area contributed by atoms with Gasteiger partial charge in [-0.25, -0.2) is 24.1 Å². The lowest BCUT2D eigenvalue weighted by Gasteiger charge is -2.31. The molecule has 3 heterocycles. The van der Waals surface area contributed by atoms with Gasteiger partial charge in [0.2, 0.25) is 5.75 Å². The molecule has 2 aromatic heterocycles. The van der Waals surface area contributed by atoms with Gasteiger partial charge in [-0.15, -0.1) is 0 Å². The molecule has 0 saturated carbocycles. The number of hydrogen-bond donors (Lipinski definition) is 4. The highest BCUT2D eigenvalue weighted by atomic mass is 19.1. The van der Waals surface area contributed by atoms with Crippen LogP contribution in [0.15, 0.2) is 30.5 Å². The Morgan fingerprint density at radius 1 is 1.11 bits per heavy atom. The number of carbonyl (C=O) groups excluding carboxylic acids is 1. The van der Waals surface area contributed by atoms with E-state index in [9.17, 15) is 14.4 Å². The molecular weight excluding hydrogens is 461 g/mol. The molecule has 0 spiro atoms. The maximum Gasteiger partial charge on any atom is 0.320 e. The molecule has 1 aromatic carbocycles. The zero-order valence-corrected chi connectivity index (χ0v) is 19.4. The van der Waals surface area contributed by atoms with E-state index in [-0.39, 0.29) is 31.0 Å². The van der Waals surface area contributed by atoms with Crippen LogP contribution in [-0.4, -0.2) is 77.9 Å². The van der Waals surface area contributed by atoms with E-state index < -0.39 is 18.2 Å². The lowest BCUT2D eigenvalue weighted by Crippen LogP contribution is -2.52. The number of hydrogen-bond acceptors (Lipinski definition) is 10. The van der Waals surface area contributed by atoms with E-state index in [1.807, 2.05) is 0 Å². The standard InChI is InChI=1S/C22H26FN7O5/c1-33-16-8-12(9-17(34-2)20(16)35-3)25-19-10-24-15-4-5-18(27-21(15)28-19)29-22(31)26-14-6-7-30(32)11-13(14)23/h4-5,8-10,13-14,32H,6-7,11H2,1-3H3,(H3,25,26,27,28,29,31). The Kier molecular flexibility index (Phi) is 7.27. The monoisotopic (exact) mass is 487 g/mol. The number of aromatic nitrogens is 3.